The SMILES string of the molecule is COc1ccc(CC(CNC(=O)c2ccco2)c2ccccc2)cc1. The second-order valence-electron chi connectivity index (χ2n) is 5.85. The van der Waals surface area contributed by atoms with E-state index >= 15 is 0 Å². The minimum atomic E-state index is -0.194. The van der Waals surface area contributed by atoms with Crippen LogP contribution in [0.3, 0.4) is 0 Å². The van der Waals surface area contributed by atoms with Gasteiger partial charge in [0.25, 0.3) is 5.91 Å². The Hall–Kier alpha value is -3.01. The van der Waals surface area contributed by atoms with Crippen molar-refractivity contribution >= 4 is 5.91 Å². The van der Waals surface area contributed by atoms with Crippen molar-refractivity contribution in [2.75, 3.05) is 13.7 Å². The van der Waals surface area contributed by atoms with E-state index in [-0.39, 0.29) is 11.8 Å². The zero-order valence-electron chi connectivity index (χ0n) is 14.1. The van der Waals surface area contributed by atoms with Crippen LogP contribution < -0.4 is 10.1 Å². The molecule has 1 atom stereocenters. The third kappa shape index (κ3) is 4.51. The maximum atomic E-state index is 12.2. The van der Waals surface area contributed by atoms with Crippen molar-refractivity contribution in [1.82, 2.24) is 5.32 Å². The van der Waals surface area contributed by atoms with Crippen LogP contribution in [0.1, 0.15) is 27.6 Å². The molecule has 0 aliphatic carbocycles. The lowest BCUT2D eigenvalue weighted by molar-refractivity contribution is 0.0923. The van der Waals surface area contributed by atoms with Crippen molar-refractivity contribution in [3.63, 3.8) is 0 Å². The number of methoxy groups -OCH3 is 1. The summed E-state index contributed by atoms with van der Waals surface area (Å²) in [7, 11) is 1.66. The zero-order valence-corrected chi connectivity index (χ0v) is 14.1. The van der Waals surface area contributed by atoms with Crippen LogP contribution in [0.4, 0.5) is 0 Å². The van der Waals surface area contributed by atoms with Crippen LogP contribution in [0, 0.1) is 0 Å². The Morgan fingerprint density at radius 1 is 1.04 bits per heavy atom. The predicted molar refractivity (Wildman–Crippen MR) is 96.9 cm³/mol. The standard InChI is InChI=1S/C21H21NO3/c1-24-19-11-9-16(10-12-19)14-18(17-6-3-2-4-7-17)15-22-21(23)20-8-5-13-25-20/h2-13,18H,14-15H2,1H3,(H,22,23). The summed E-state index contributed by atoms with van der Waals surface area (Å²) in [5, 5.41) is 2.97. The molecular weight excluding hydrogens is 314 g/mol. The normalized spacial score (nSPS) is 11.7. The van der Waals surface area contributed by atoms with Gasteiger partial charge in [0.05, 0.1) is 13.4 Å². The molecule has 4 heteroatoms. The van der Waals surface area contributed by atoms with Crippen LogP contribution >= 0.6 is 0 Å². The van der Waals surface area contributed by atoms with Gasteiger partial charge in [-0.25, -0.2) is 0 Å². The molecule has 4 nitrogen and oxygen atoms in total. The van der Waals surface area contributed by atoms with Gasteiger partial charge >= 0.3 is 0 Å². The number of ether oxygens (including phenoxy) is 1. The predicted octanol–water partition coefficient (Wildman–Crippen LogP) is 4.04. The summed E-state index contributed by atoms with van der Waals surface area (Å²) in [5.41, 5.74) is 2.39. The molecule has 0 fully saturated rings. The van der Waals surface area contributed by atoms with Gasteiger partial charge in [-0.2, -0.15) is 0 Å². The van der Waals surface area contributed by atoms with Gasteiger partial charge in [0.2, 0.25) is 0 Å². The molecule has 2 aromatic carbocycles. The minimum absolute atomic E-state index is 0.175. The Balaban J connectivity index is 1.72. The summed E-state index contributed by atoms with van der Waals surface area (Å²) in [6, 6.07) is 21.6. The summed E-state index contributed by atoms with van der Waals surface area (Å²) in [5.74, 6) is 1.15. The molecule has 0 saturated heterocycles. The van der Waals surface area contributed by atoms with Gasteiger partial charge < -0.3 is 14.5 Å². The summed E-state index contributed by atoms with van der Waals surface area (Å²) < 4.78 is 10.4. The number of hydrogen-bond donors (Lipinski definition) is 1. The van der Waals surface area contributed by atoms with E-state index in [4.69, 9.17) is 9.15 Å². The first-order valence-corrected chi connectivity index (χ1v) is 8.26. The Labute approximate surface area is 147 Å². The van der Waals surface area contributed by atoms with Crippen molar-refractivity contribution in [2.45, 2.75) is 12.3 Å². The van der Waals surface area contributed by atoms with Crippen LogP contribution in [0.2, 0.25) is 0 Å². The number of carbonyl (C=O) groups excluding carboxylic acids is 1. The Bertz CT molecular complexity index is 780. The van der Waals surface area contributed by atoms with Crippen molar-refractivity contribution in [3.05, 3.63) is 89.9 Å². The highest BCUT2D eigenvalue weighted by Gasteiger charge is 2.15. The van der Waals surface area contributed by atoms with Gasteiger partial charge in [-0.05, 0) is 41.8 Å². The fourth-order valence-corrected chi connectivity index (χ4v) is 2.79. The average molecular weight is 335 g/mol. The molecule has 3 rings (SSSR count). The lowest BCUT2D eigenvalue weighted by Gasteiger charge is -2.18. The molecule has 128 valence electrons. The molecule has 1 heterocycles. The fourth-order valence-electron chi connectivity index (χ4n) is 2.79. The maximum absolute atomic E-state index is 12.2. The van der Waals surface area contributed by atoms with Crippen LogP contribution in [0.25, 0.3) is 0 Å². The number of benzene rings is 2. The van der Waals surface area contributed by atoms with Crippen molar-refractivity contribution in [3.8, 4) is 5.75 Å². The molecule has 1 amide bonds. The molecule has 0 spiro atoms. The highest BCUT2D eigenvalue weighted by Crippen LogP contribution is 2.22. The van der Waals surface area contributed by atoms with E-state index in [0.29, 0.717) is 12.3 Å². The monoisotopic (exact) mass is 335 g/mol. The van der Waals surface area contributed by atoms with Gasteiger partial charge in [0.1, 0.15) is 5.75 Å². The maximum Gasteiger partial charge on any atom is 0.286 e. The van der Waals surface area contributed by atoms with Crippen molar-refractivity contribution < 1.29 is 13.9 Å². The molecule has 0 aliphatic heterocycles. The van der Waals surface area contributed by atoms with E-state index in [1.807, 2.05) is 30.3 Å². The molecule has 1 N–H and O–H groups in total. The Morgan fingerprint density at radius 3 is 2.44 bits per heavy atom. The highest BCUT2D eigenvalue weighted by atomic mass is 16.5. The number of amides is 1. The summed E-state index contributed by atoms with van der Waals surface area (Å²) in [6.45, 7) is 0.537. The molecule has 0 aliphatic rings. The number of carbonyl (C=O) groups is 1. The highest BCUT2D eigenvalue weighted by molar-refractivity contribution is 5.91. The largest absolute Gasteiger partial charge is 0.497 e. The Kier molecular flexibility index (Phi) is 5.52. The third-order valence-electron chi connectivity index (χ3n) is 4.17. The Morgan fingerprint density at radius 2 is 1.80 bits per heavy atom. The first kappa shape index (κ1) is 16.8. The van der Waals surface area contributed by atoms with Crippen LogP contribution in [-0.4, -0.2) is 19.6 Å². The topological polar surface area (TPSA) is 51.5 Å². The average Bonchev–Trinajstić information content (AvgIpc) is 3.21. The second kappa shape index (κ2) is 8.20. The van der Waals surface area contributed by atoms with E-state index in [1.54, 1.807) is 19.2 Å². The zero-order chi connectivity index (χ0) is 17.5. The molecular formula is C21H21NO3. The molecule has 3 aromatic rings. The van der Waals surface area contributed by atoms with E-state index in [0.717, 1.165) is 12.2 Å². The van der Waals surface area contributed by atoms with E-state index in [1.165, 1.54) is 17.4 Å². The smallest absolute Gasteiger partial charge is 0.286 e. The number of rotatable bonds is 7. The lowest BCUT2D eigenvalue weighted by atomic mass is 9.92. The van der Waals surface area contributed by atoms with Gasteiger partial charge in [0, 0.05) is 12.5 Å². The van der Waals surface area contributed by atoms with Crippen molar-refractivity contribution in [2.24, 2.45) is 0 Å². The molecule has 0 bridgehead atoms. The summed E-state index contributed by atoms with van der Waals surface area (Å²) in [4.78, 5) is 12.2. The first-order valence-electron chi connectivity index (χ1n) is 8.26. The summed E-state index contributed by atoms with van der Waals surface area (Å²) >= 11 is 0. The quantitative estimate of drug-likeness (QED) is 0.709. The molecule has 25 heavy (non-hydrogen) atoms. The molecule has 1 unspecified atom stereocenters. The molecule has 0 radical (unpaired) electrons. The first-order chi connectivity index (χ1) is 12.3. The number of nitrogens with one attached hydrogen (secondary N) is 1. The number of hydrogen-bond acceptors (Lipinski definition) is 3. The van der Waals surface area contributed by atoms with Crippen molar-refractivity contribution in [1.29, 1.82) is 0 Å². The summed E-state index contributed by atoms with van der Waals surface area (Å²) in [6.07, 6.45) is 2.33. The number of furan rings is 1. The van der Waals surface area contributed by atoms with Crippen LogP contribution in [-0.2, 0) is 6.42 Å². The van der Waals surface area contributed by atoms with E-state index in [9.17, 15) is 4.79 Å². The van der Waals surface area contributed by atoms with Gasteiger partial charge in [-0.15, -0.1) is 0 Å². The van der Waals surface area contributed by atoms with Crippen LogP contribution in [0.5, 0.6) is 5.75 Å². The van der Waals surface area contributed by atoms with Crippen LogP contribution in [0.15, 0.2) is 77.4 Å². The third-order valence-corrected chi connectivity index (χ3v) is 4.17. The van der Waals surface area contributed by atoms with E-state index < -0.39 is 0 Å². The van der Waals surface area contributed by atoms with Gasteiger partial charge in [0.15, 0.2) is 5.76 Å². The van der Waals surface area contributed by atoms with Gasteiger partial charge in [-0.3, -0.25) is 4.79 Å². The fraction of sp³-hybridized carbons (Fsp3) is 0.190. The minimum Gasteiger partial charge on any atom is -0.497 e. The second-order valence-corrected chi connectivity index (χ2v) is 5.85. The van der Waals surface area contributed by atoms with Gasteiger partial charge in [-0.1, -0.05) is 42.5 Å². The lowest BCUT2D eigenvalue weighted by Crippen LogP contribution is -2.29. The van der Waals surface area contributed by atoms with E-state index in [2.05, 4.69) is 29.6 Å². The molecule has 0 saturated carbocycles. The molecule has 1 aromatic heterocycles.